The van der Waals surface area contributed by atoms with Crippen LogP contribution in [0.5, 0.6) is 0 Å². The third-order valence-electron chi connectivity index (χ3n) is 31.9. The summed E-state index contributed by atoms with van der Waals surface area (Å²) < 4.78 is 45.6. The van der Waals surface area contributed by atoms with Gasteiger partial charge in [-0.1, -0.05) is 79.5 Å². The number of nitrogens with zero attached hydrogens (tertiary/aromatic N) is 11. The predicted molar refractivity (Wildman–Crippen MR) is 493 cm³/mol. The van der Waals surface area contributed by atoms with Crippen molar-refractivity contribution in [2.45, 2.75) is 290 Å². The summed E-state index contributed by atoms with van der Waals surface area (Å²) in [6, 6.07) is 35.3. The lowest BCUT2D eigenvalue weighted by Crippen LogP contribution is -2.36. The Bertz CT molecular complexity index is 5560. The van der Waals surface area contributed by atoms with E-state index in [0.717, 1.165) is 112 Å². The number of benzene rings is 4. The summed E-state index contributed by atoms with van der Waals surface area (Å²) in [5.74, 6) is 2.50. The molecule has 23 rings (SSSR count). The molecule has 650 valence electrons. The maximum absolute atomic E-state index is 15.6. The molecule has 4 aliphatic carbocycles. The predicted octanol–water partition coefficient (Wildman–Crippen LogP) is 22.3. The smallest absolute Gasteiger partial charge is 0.147 e. The summed E-state index contributed by atoms with van der Waals surface area (Å²) in [6.07, 6.45) is 44.1. The number of aliphatic hydroxyl groups excluding tert-OH is 1. The van der Waals surface area contributed by atoms with Gasteiger partial charge in [0.25, 0.3) is 0 Å². The van der Waals surface area contributed by atoms with E-state index in [1.807, 2.05) is 44.0 Å². The zero-order valence-corrected chi connectivity index (χ0v) is 74.9. The topological polar surface area (TPSA) is 119 Å². The molecule has 12 aliphatic rings. The van der Waals surface area contributed by atoms with Crippen LogP contribution < -0.4 is 0 Å². The molecule has 123 heavy (non-hydrogen) atoms. The molecule has 8 unspecified atom stereocenters. The van der Waals surface area contributed by atoms with E-state index in [1.54, 1.807) is 40.3 Å². The first-order valence-electron chi connectivity index (χ1n) is 48.5. The Kier molecular flexibility index (Phi) is 24.4. The summed E-state index contributed by atoms with van der Waals surface area (Å²) in [7, 11) is 0. The van der Waals surface area contributed by atoms with Gasteiger partial charge in [-0.15, -0.1) is 0 Å². The van der Waals surface area contributed by atoms with E-state index >= 15 is 4.39 Å². The number of hydrogen-bond donors (Lipinski definition) is 1. The van der Waals surface area contributed by atoms with Crippen molar-refractivity contribution < 1.29 is 23.7 Å². The number of halogens is 1. The SMILES string of the molecule is Cc1cc(C)c2c(c1)c1c(n2CC(O)C2CCCCC2)CCN2CCCC12.Cc1cc(C)c2c(c1)c1c(n2CC(OCC2CCC2)c2ccncc2)CCN2CCCC12.Cc1cc(F)c2c(c1)c1c(n2CC(C)(OCC2CCC2)c2cccnc2)CCN2CCCC12.Cc1ccc2c(c1)c1c(n2CC(OCC2CCC2)c2ccncc2)CCN2CCCC12. The molecule has 0 amide bonds. The van der Waals surface area contributed by atoms with Crippen molar-refractivity contribution in [1.29, 1.82) is 0 Å². The fourth-order valence-corrected chi connectivity index (χ4v) is 25.0. The molecule has 7 aromatic heterocycles. The van der Waals surface area contributed by atoms with Crippen molar-refractivity contribution in [2.24, 2.45) is 23.7 Å². The Morgan fingerprint density at radius 2 is 0.837 bits per heavy atom. The molecule has 15 nitrogen and oxygen atoms in total. The molecular weight excluding hydrogens is 1520 g/mol. The highest BCUT2D eigenvalue weighted by Gasteiger charge is 2.43. The van der Waals surface area contributed by atoms with Gasteiger partial charge in [-0.05, 0) is 318 Å². The molecular formula is C107H136FN11O4. The lowest BCUT2D eigenvalue weighted by molar-refractivity contribution is -0.0744. The molecule has 0 bridgehead atoms. The molecule has 1 N–H and O–H groups in total. The van der Waals surface area contributed by atoms with Crippen LogP contribution in [-0.4, -0.2) is 136 Å². The monoisotopic (exact) mass is 1660 g/mol. The number of rotatable bonds is 21. The number of ether oxygens (including phenoxy) is 3. The maximum atomic E-state index is 15.6. The molecule has 16 heteroatoms. The fourth-order valence-electron chi connectivity index (χ4n) is 25.0. The van der Waals surface area contributed by atoms with E-state index in [1.165, 1.54) is 269 Å². The second kappa shape index (κ2) is 36.1. The zero-order chi connectivity index (χ0) is 83.6. The third kappa shape index (κ3) is 16.6. The summed E-state index contributed by atoms with van der Waals surface area (Å²) in [6.45, 7) is 30.6. The standard InChI is InChI=1S/C28H34FN3O.C28H35N3O.C27H33N3O.C24H34N2O/c1-19-14-22-26-24-9-5-12-31(24)13-10-25(26)32(27(22)23(29)15-19)18-28(2,21-8-4-11-30-16-21)33-17-20-6-3-7-20;1-19-15-20(2)28-23(16-19)27-24-7-4-13-30(24)14-10-25(27)31(28)17-26(22-8-11-29-12-9-22)32-18-21-5-3-6-21;1-19-7-8-23-22(16-19)27-24-6-3-14-29(24)15-11-25(27)30(23)17-26(21-9-12-28-13-10-21)31-18-20-4-2-5-20;1-16-13-17(2)24-19(14-16)23-20-9-6-11-25(20)12-10-21(23)26(24)15-22(27)18-7-4-3-5-8-18/h4,8,11,14-16,20,24H,3,5-7,9-10,12-13,17-18H2,1-2H3;8-9,11-12,15-16,21,24,26H,3-7,10,13-14,17-18H2,1-2H3;7-10,12-13,16,20,24,26H,2-6,11,14-15,17-18H2,1H3;13-14,18,20,22,27H,3-12,15H2,1-2H3. The molecule has 4 saturated carbocycles. The number of pyridine rings is 3. The van der Waals surface area contributed by atoms with Crippen LogP contribution in [0.25, 0.3) is 43.6 Å². The average Bonchev–Trinajstić information content (AvgIpc) is 1.58. The highest BCUT2D eigenvalue weighted by Crippen LogP contribution is 2.51. The van der Waals surface area contributed by atoms with Gasteiger partial charge in [-0.3, -0.25) is 34.6 Å². The Balaban J connectivity index is 0.000000104. The second-order valence-corrected chi connectivity index (χ2v) is 40.1. The zero-order valence-electron chi connectivity index (χ0n) is 74.9. The van der Waals surface area contributed by atoms with Gasteiger partial charge in [0, 0.05) is 175 Å². The number of aliphatic hydroxyl groups is 1. The molecule has 11 aromatic rings. The van der Waals surface area contributed by atoms with E-state index < -0.39 is 5.60 Å². The van der Waals surface area contributed by atoms with E-state index in [4.69, 9.17) is 14.2 Å². The Labute approximate surface area is 730 Å². The van der Waals surface area contributed by atoms with Gasteiger partial charge in [0.15, 0.2) is 0 Å². The summed E-state index contributed by atoms with van der Waals surface area (Å²) >= 11 is 0. The molecule has 8 atom stereocenters. The van der Waals surface area contributed by atoms with E-state index in [2.05, 4.69) is 173 Å². The summed E-state index contributed by atoms with van der Waals surface area (Å²) in [5, 5.41) is 16.6. The van der Waals surface area contributed by atoms with Crippen molar-refractivity contribution >= 4 is 43.6 Å². The number of aryl methyl sites for hydroxylation is 6. The first-order valence-corrected chi connectivity index (χ1v) is 48.5. The van der Waals surface area contributed by atoms with E-state index in [9.17, 15) is 5.11 Å². The molecule has 8 aliphatic heterocycles. The maximum Gasteiger partial charge on any atom is 0.147 e. The van der Waals surface area contributed by atoms with Crippen molar-refractivity contribution in [3.63, 3.8) is 0 Å². The average molecular weight is 1660 g/mol. The first-order chi connectivity index (χ1) is 60.1. The third-order valence-corrected chi connectivity index (χ3v) is 31.9. The Morgan fingerprint density at radius 3 is 1.31 bits per heavy atom. The molecule has 15 heterocycles. The van der Waals surface area contributed by atoms with Crippen LogP contribution in [0.15, 0.2) is 128 Å². The van der Waals surface area contributed by atoms with Crippen LogP contribution in [0.1, 0.15) is 280 Å². The Hall–Kier alpha value is -7.90. The molecule has 0 spiro atoms. The minimum absolute atomic E-state index is 0.0700. The van der Waals surface area contributed by atoms with Crippen LogP contribution in [0, 0.1) is 71.0 Å². The van der Waals surface area contributed by atoms with Crippen LogP contribution in [0.3, 0.4) is 0 Å². The highest BCUT2D eigenvalue weighted by molar-refractivity contribution is 5.92. The van der Waals surface area contributed by atoms with Gasteiger partial charge in [0.1, 0.15) is 23.6 Å². The highest BCUT2D eigenvalue weighted by atomic mass is 19.1. The van der Waals surface area contributed by atoms with E-state index in [0.29, 0.717) is 42.5 Å². The van der Waals surface area contributed by atoms with Gasteiger partial charge < -0.3 is 37.6 Å². The summed E-state index contributed by atoms with van der Waals surface area (Å²) in [4.78, 5) is 23.6. The number of aromatic nitrogens is 7. The van der Waals surface area contributed by atoms with Crippen LogP contribution in [0.2, 0.25) is 0 Å². The molecule has 0 radical (unpaired) electrons. The lowest BCUT2D eigenvalue weighted by Gasteiger charge is -2.36. The molecule has 8 fully saturated rings. The number of fused-ring (bicyclic) bond motifs is 20. The van der Waals surface area contributed by atoms with Crippen LogP contribution >= 0.6 is 0 Å². The second-order valence-electron chi connectivity index (χ2n) is 40.1. The van der Waals surface area contributed by atoms with Gasteiger partial charge in [-0.25, -0.2) is 4.39 Å². The van der Waals surface area contributed by atoms with Crippen molar-refractivity contribution in [3.8, 4) is 0 Å². The Morgan fingerprint density at radius 1 is 0.407 bits per heavy atom. The van der Waals surface area contributed by atoms with Gasteiger partial charge in [0.05, 0.1) is 62.1 Å². The van der Waals surface area contributed by atoms with Gasteiger partial charge in [0.2, 0.25) is 0 Å². The quantitative estimate of drug-likeness (QED) is 0.0741. The summed E-state index contributed by atoms with van der Waals surface area (Å²) in [5.41, 5.74) is 27.9. The molecule has 4 aromatic carbocycles. The van der Waals surface area contributed by atoms with Crippen molar-refractivity contribution in [1.82, 2.24) is 52.8 Å². The number of hydrogen-bond acceptors (Lipinski definition) is 11. The lowest BCUT2D eigenvalue weighted by atomic mass is 9.85. The minimum atomic E-state index is -0.562. The van der Waals surface area contributed by atoms with E-state index in [-0.39, 0.29) is 24.1 Å². The fraction of sp³-hybridized carbons (Fsp3) is 0.561. The van der Waals surface area contributed by atoms with Crippen molar-refractivity contribution in [3.05, 3.63) is 229 Å². The normalized spacial score (nSPS) is 22.9. The minimum Gasteiger partial charge on any atom is -0.391 e. The molecule has 4 saturated heterocycles. The van der Waals surface area contributed by atoms with Gasteiger partial charge in [-0.2, -0.15) is 0 Å². The largest absolute Gasteiger partial charge is 0.391 e. The van der Waals surface area contributed by atoms with Crippen molar-refractivity contribution in [2.75, 3.05) is 72.2 Å². The van der Waals surface area contributed by atoms with Crippen LogP contribution in [0.4, 0.5) is 4.39 Å². The first kappa shape index (κ1) is 83.3. The van der Waals surface area contributed by atoms with Crippen LogP contribution in [-0.2, 0) is 71.7 Å². The van der Waals surface area contributed by atoms with Gasteiger partial charge >= 0.3 is 0 Å².